The van der Waals surface area contributed by atoms with Gasteiger partial charge in [-0.15, -0.1) is 0 Å². The van der Waals surface area contributed by atoms with E-state index in [1.54, 1.807) is 6.92 Å². The largest absolute Gasteiger partial charge is 0.480 e. The number of hydrogen-bond acceptors (Lipinski definition) is 4. The van der Waals surface area contributed by atoms with E-state index in [1.165, 1.54) is 0 Å². The quantitative estimate of drug-likeness (QED) is 0.717. The molecule has 0 bridgehead atoms. The lowest BCUT2D eigenvalue weighted by Gasteiger charge is -2.34. The fourth-order valence-electron chi connectivity index (χ4n) is 2.10. The summed E-state index contributed by atoms with van der Waals surface area (Å²) in [6.07, 6.45) is 1.08. The topological polar surface area (TPSA) is 83.9 Å². The molecule has 2 atom stereocenters. The van der Waals surface area contributed by atoms with Gasteiger partial charge in [-0.2, -0.15) is 4.31 Å². The van der Waals surface area contributed by atoms with Crippen molar-refractivity contribution in [2.24, 2.45) is 5.92 Å². The van der Waals surface area contributed by atoms with Gasteiger partial charge in [0.25, 0.3) is 0 Å². The predicted octanol–water partition coefficient (Wildman–Crippen LogP) is 0.538. The Kier molecular flexibility index (Phi) is 5.55. The van der Waals surface area contributed by atoms with Crippen LogP contribution in [0.4, 0.5) is 0 Å². The zero-order valence-corrected chi connectivity index (χ0v) is 11.6. The Morgan fingerprint density at radius 1 is 1.50 bits per heavy atom. The third kappa shape index (κ3) is 3.93. The average Bonchev–Trinajstić information content (AvgIpc) is 2.28. The summed E-state index contributed by atoms with van der Waals surface area (Å²) >= 11 is 0. The summed E-state index contributed by atoms with van der Waals surface area (Å²) < 4.78 is 30.3. The molecule has 2 unspecified atom stereocenters. The van der Waals surface area contributed by atoms with E-state index < -0.39 is 22.0 Å². The third-order valence-corrected chi connectivity index (χ3v) is 4.98. The van der Waals surface area contributed by atoms with Crippen molar-refractivity contribution in [2.45, 2.75) is 32.7 Å². The summed E-state index contributed by atoms with van der Waals surface area (Å²) in [4.78, 5) is 11.1. The van der Waals surface area contributed by atoms with E-state index in [-0.39, 0.29) is 24.8 Å². The molecule has 18 heavy (non-hydrogen) atoms. The molecule has 0 aromatic rings. The number of hydrogen-bond donors (Lipinski definition) is 1. The van der Waals surface area contributed by atoms with E-state index in [1.807, 2.05) is 6.92 Å². The second-order valence-corrected chi connectivity index (χ2v) is 6.65. The summed E-state index contributed by atoms with van der Waals surface area (Å²) in [5.41, 5.74) is 0. The SMILES string of the molecule is CCOCCS(=O)(=O)N1CCC(C)CC1C(=O)O. The van der Waals surface area contributed by atoms with Gasteiger partial charge < -0.3 is 9.84 Å². The monoisotopic (exact) mass is 279 g/mol. The highest BCUT2D eigenvalue weighted by Gasteiger charge is 2.38. The number of carbonyl (C=O) groups is 1. The molecule has 7 heteroatoms. The molecule has 6 nitrogen and oxygen atoms in total. The number of carboxylic acids is 1. The van der Waals surface area contributed by atoms with Crippen LogP contribution in [-0.2, 0) is 19.6 Å². The summed E-state index contributed by atoms with van der Waals surface area (Å²) in [6, 6.07) is -0.930. The van der Waals surface area contributed by atoms with Crippen molar-refractivity contribution in [1.29, 1.82) is 0 Å². The molecule has 1 fully saturated rings. The number of rotatable bonds is 6. The number of sulfonamides is 1. The second kappa shape index (κ2) is 6.49. The smallest absolute Gasteiger partial charge is 0.322 e. The number of aliphatic carboxylic acids is 1. The van der Waals surface area contributed by atoms with Gasteiger partial charge >= 0.3 is 5.97 Å². The highest BCUT2D eigenvalue weighted by Crippen LogP contribution is 2.25. The van der Waals surface area contributed by atoms with Crippen LogP contribution in [-0.4, -0.2) is 55.4 Å². The third-order valence-electron chi connectivity index (χ3n) is 3.15. The standard InChI is InChI=1S/C11H21NO5S/c1-3-17-6-7-18(15,16)12-5-4-9(2)8-10(12)11(13)14/h9-10H,3-8H2,1-2H3,(H,13,14). The molecule has 0 saturated carbocycles. The fourth-order valence-corrected chi connectivity index (χ4v) is 3.61. The molecule has 0 aromatic heterocycles. The maximum Gasteiger partial charge on any atom is 0.322 e. The molecule has 1 rings (SSSR count). The number of carboxylic acid groups (broad SMARTS) is 1. The molecule has 1 aliphatic heterocycles. The lowest BCUT2D eigenvalue weighted by molar-refractivity contribution is -0.143. The van der Waals surface area contributed by atoms with E-state index in [9.17, 15) is 13.2 Å². The van der Waals surface area contributed by atoms with Crippen LogP contribution >= 0.6 is 0 Å². The van der Waals surface area contributed by atoms with Gasteiger partial charge in [0.05, 0.1) is 12.4 Å². The van der Waals surface area contributed by atoms with Gasteiger partial charge in [0.1, 0.15) is 6.04 Å². The molecule has 0 spiro atoms. The van der Waals surface area contributed by atoms with Gasteiger partial charge in [-0.3, -0.25) is 4.79 Å². The van der Waals surface area contributed by atoms with E-state index >= 15 is 0 Å². The van der Waals surface area contributed by atoms with Crippen LogP contribution in [0.2, 0.25) is 0 Å². The van der Waals surface area contributed by atoms with E-state index in [0.717, 1.165) is 4.31 Å². The predicted molar refractivity (Wildman–Crippen MR) is 66.8 cm³/mol. The van der Waals surface area contributed by atoms with E-state index in [0.29, 0.717) is 19.4 Å². The minimum atomic E-state index is -3.55. The van der Waals surface area contributed by atoms with Crippen molar-refractivity contribution >= 4 is 16.0 Å². The van der Waals surface area contributed by atoms with Crippen LogP contribution in [0.3, 0.4) is 0 Å². The fraction of sp³-hybridized carbons (Fsp3) is 0.909. The lowest BCUT2D eigenvalue weighted by Crippen LogP contribution is -2.50. The Labute approximate surface area is 108 Å². The first-order valence-corrected chi connectivity index (χ1v) is 7.79. The Bertz CT molecular complexity index is 381. The van der Waals surface area contributed by atoms with Crippen LogP contribution in [0.5, 0.6) is 0 Å². The molecule has 106 valence electrons. The van der Waals surface area contributed by atoms with E-state index in [2.05, 4.69) is 0 Å². The number of nitrogens with zero attached hydrogens (tertiary/aromatic N) is 1. The Morgan fingerprint density at radius 2 is 2.17 bits per heavy atom. The van der Waals surface area contributed by atoms with Gasteiger partial charge in [0.2, 0.25) is 10.0 Å². The normalized spacial score (nSPS) is 26.1. The Balaban J connectivity index is 2.75. The lowest BCUT2D eigenvalue weighted by atomic mass is 9.94. The van der Waals surface area contributed by atoms with Gasteiger partial charge in [0, 0.05) is 13.2 Å². The van der Waals surface area contributed by atoms with Crippen molar-refractivity contribution in [3.63, 3.8) is 0 Å². The first-order chi connectivity index (χ1) is 8.38. The van der Waals surface area contributed by atoms with Crippen molar-refractivity contribution in [2.75, 3.05) is 25.5 Å². The molecule has 1 N–H and O–H groups in total. The zero-order chi connectivity index (χ0) is 13.8. The van der Waals surface area contributed by atoms with Crippen LogP contribution in [0, 0.1) is 5.92 Å². The molecule has 0 aliphatic carbocycles. The highest BCUT2D eigenvalue weighted by atomic mass is 32.2. The summed E-state index contributed by atoms with van der Waals surface area (Å²) in [6.45, 7) is 4.58. The average molecular weight is 279 g/mol. The number of ether oxygens (including phenoxy) is 1. The molecular formula is C11H21NO5S. The molecule has 0 amide bonds. The molecule has 1 aliphatic rings. The molecule has 1 heterocycles. The highest BCUT2D eigenvalue weighted by molar-refractivity contribution is 7.89. The van der Waals surface area contributed by atoms with Gasteiger partial charge in [0.15, 0.2) is 0 Å². The van der Waals surface area contributed by atoms with Gasteiger partial charge in [-0.25, -0.2) is 8.42 Å². The second-order valence-electron chi connectivity index (χ2n) is 4.61. The van der Waals surface area contributed by atoms with Crippen molar-refractivity contribution in [1.82, 2.24) is 4.31 Å². The van der Waals surface area contributed by atoms with Crippen molar-refractivity contribution in [3.05, 3.63) is 0 Å². The molecule has 1 saturated heterocycles. The van der Waals surface area contributed by atoms with Gasteiger partial charge in [-0.1, -0.05) is 6.92 Å². The van der Waals surface area contributed by atoms with E-state index in [4.69, 9.17) is 9.84 Å². The van der Waals surface area contributed by atoms with Gasteiger partial charge in [-0.05, 0) is 25.7 Å². The number of piperidine rings is 1. The Hall–Kier alpha value is -0.660. The molecule has 0 aromatic carbocycles. The minimum absolute atomic E-state index is 0.108. The molecular weight excluding hydrogens is 258 g/mol. The maximum atomic E-state index is 12.1. The van der Waals surface area contributed by atoms with Crippen LogP contribution in [0.25, 0.3) is 0 Å². The van der Waals surface area contributed by atoms with Crippen LogP contribution in [0.1, 0.15) is 26.7 Å². The van der Waals surface area contributed by atoms with Crippen molar-refractivity contribution in [3.8, 4) is 0 Å². The first-order valence-electron chi connectivity index (χ1n) is 6.18. The first kappa shape index (κ1) is 15.4. The van der Waals surface area contributed by atoms with Crippen LogP contribution < -0.4 is 0 Å². The summed E-state index contributed by atoms with van der Waals surface area (Å²) in [5, 5.41) is 9.12. The summed E-state index contributed by atoms with van der Waals surface area (Å²) in [7, 11) is -3.55. The van der Waals surface area contributed by atoms with Crippen molar-refractivity contribution < 1.29 is 23.1 Å². The minimum Gasteiger partial charge on any atom is -0.480 e. The van der Waals surface area contributed by atoms with Crippen LogP contribution in [0.15, 0.2) is 0 Å². The Morgan fingerprint density at radius 3 is 2.72 bits per heavy atom. The maximum absolute atomic E-state index is 12.1. The molecule has 0 radical (unpaired) electrons. The summed E-state index contributed by atoms with van der Waals surface area (Å²) in [5.74, 6) is -0.982. The zero-order valence-electron chi connectivity index (χ0n) is 10.8.